The number of nitrogens with two attached hydrogens (primary N) is 1. The number of carboxylic acid groups (broad SMARTS) is 1. The molecule has 0 saturated heterocycles. The molecule has 58 valence electrons. The molecule has 0 radical (unpaired) electrons. The van der Waals surface area contributed by atoms with E-state index < -0.39 is 17.4 Å². The van der Waals surface area contributed by atoms with Gasteiger partial charge in [0.25, 0.3) is 0 Å². The summed E-state index contributed by atoms with van der Waals surface area (Å²) in [4.78, 5) is 20.5. The number of carbonyl (C=O) groups excluding carboxylic acids is 1. The van der Waals surface area contributed by atoms with Gasteiger partial charge in [-0.2, -0.15) is 0 Å². The number of carboxylic acids is 1. The van der Waals surface area contributed by atoms with E-state index in [4.69, 9.17) is 10.8 Å². The molecule has 0 bridgehead atoms. The number of aliphatic carboxylic acids is 1. The van der Waals surface area contributed by atoms with Crippen LogP contribution >= 0.6 is 0 Å². The summed E-state index contributed by atoms with van der Waals surface area (Å²) < 4.78 is 0. The minimum atomic E-state index is -1.16. The first-order valence-corrected chi connectivity index (χ1v) is 2.87. The summed E-state index contributed by atoms with van der Waals surface area (Å²) in [6.07, 6.45) is 0.439. The maximum Gasteiger partial charge on any atom is 0.311 e. The Hall–Kier alpha value is -0.900. The van der Waals surface area contributed by atoms with Crippen molar-refractivity contribution in [1.29, 1.82) is 0 Å². The molecule has 4 heteroatoms. The molecule has 0 heterocycles. The molecule has 0 aliphatic rings. The zero-order valence-corrected chi connectivity index (χ0v) is 6.00. The topological polar surface area (TPSA) is 80.4 Å². The van der Waals surface area contributed by atoms with E-state index in [1.165, 1.54) is 13.8 Å². The molecule has 0 aliphatic carbocycles. The second-order valence-corrected chi connectivity index (χ2v) is 2.69. The maximum absolute atomic E-state index is 10.4. The van der Waals surface area contributed by atoms with Gasteiger partial charge in [0.05, 0.1) is 11.5 Å². The lowest BCUT2D eigenvalue weighted by atomic mass is 9.86. The van der Waals surface area contributed by atoms with Crippen molar-refractivity contribution < 1.29 is 14.7 Å². The van der Waals surface area contributed by atoms with Crippen molar-refractivity contribution in [2.75, 3.05) is 0 Å². The SMILES string of the molecule is CC(C)(C(=O)O)C(N)C=O. The summed E-state index contributed by atoms with van der Waals surface area (Å²) >= 11 is 0. The predicted molar refractivity (Wildman–Crippen MR) is 35.5 cm³/mol. The van der Waals surface area contributed by atoms with Gasteiger partial charge in [0.1, 0.15) is 6.29 Å². The van der Waals surface area contributed by atoms with Gasteiger partial charge in [0.2, 0.25) is 0 Å². The Morgan fingerprint density at radius 1 is 1.70 bits per heavy atom. The van der Waals surface area contributed by atoms with Crippen LogP contribution in [0.5, 0.6) is 0 Å². The van der Waals surface area contributed by atoms with Crippen LogP contribution in [0.1, 0.15) is 13.8 Å². The lowest BCUT2D eigenvalue weighted by molar-refractivity contribution is -0.149. The van der Waals surface area contributed by atoms with E-state index in [9.17, 15) is 9.59 Å². The summed E-state index contributed by atoms with van der Waals surface area (Å²) in [5.41, 5.74) is 4.04. The molecule has 0 aliphatic heterocycles. The average molecular weight is 145 g/mol. The van der Waals surface area contributed by atoms with Gasteiger partial charge < -0.3 is 15.6 Å². The van der Waals surface area contributed by atoms with Gasteiger partial charge in [-0.25, -0.2) is 0 Å². The lowest BCUT2D eigenvalue weighted by Crippen LogP contribution is -2.44. The van der Waals surface area contributed by atoms with Gasteiger partial charge in [-0.05, 0) is 13.8 Å². The molecule has 4 nitrogen and oxygen atoms in total. The Bertz CT molecular complexity index is 153. The molecular weight excluding hydrogens is 134 g/mol. The van der Waals surface area contributed by atoms with E-state index in [1.54, 1.807) is 0 Å². The fraction of sp³-hybridized carbons (Fsp3) is 0.667. The number of rotatable bonds is 3. The number of aldehydes is 1. The predicted octanol–water partition coefficient (Wildman–Crippen LogP) is -0.377. The van der Waals surface area contributed by atoms with Crippen LogP contribution in [0.4, 0.5) is 0 Å². The third kappa shape index (κ3) is 1.54. The van der Waals surface area contributed by atoms with Gasteiger partial charge in [0.15, 0.2) is 0 Å². The van der Waals surface area contributed by atoms with Crippen molar-refractivity contribution in [3.63, 3.8) is 0 Å². The minimum Gasteiger partial charge on any atom is -0.481 e. The zero-order chi connectivity index (χ0) is 8.36. The number of hydrogen-bond donors (Lipinski definition) is 2. The molecule has 10 heavy (non-hydrogen) atoms. The highest BCUT2D eigenvalue weighted by Crippen LogP contribution is 2.17. The monoisotopic (exact) mass is 145 g/mol. The van der Waals surface area contributed by atoms with Crippen LogP contribution in [-0.2, 0) is 9.59 Å². The first-order valence-electron chi connectivity index (χ1n) is 2.87. The zero-order valence-electron chi connectivity index (χ0n) is 6.00. The van der Waals surface area contributed by atoms with Crippen LogP contribution in [-0.4, -0.2) is 23.4 Å². The molecule has 0 spiro atoms. The van der Waals surface area contributed by atoms with E-state index in [1.807, 2.05) is 0 Å². The molecule has 0 aromatic carbocycles. The van der Waals surface area contributed by atoms with Crippen molar-refractivity contribution in [3.05, 3.63) is 0 Å². The van der Waals surface area contributed by atoms with Crippen LogP contribution in [0.15, 0.2) is 0 Å². The van der Waals surface area contributed by atoms with E-state index in [0.29, 0.717) is 6.29 Å². The molecule has 0 amide bonds. The van der Waals surface area contributed by atoms with Gasteiger partial charge in [-0.3, -0.25) is 4.79 Å². The van der Waals surface area contributed by atoms with Gasteiger partial charge in [-0.1, -0.05) is 0 Å². The molecule has 0 aromatic heterocycles. The fourth-order valence-electron chi connectivity index (χ4n) is 0.313. The number of hydrogen-bond acceptors (Lipinski definition) is 3. The van der Waals surface area contributed by atoms with Crippen molar-refractivity contribution >= 4 is 12.3 Å². The first kappa shape index (κ1) is 9.10. The van der Waals surface area contributed by atoms with Gasteiger partial charge >= 0.3 is 5.97 Å². The fourth-order valence-corrected chi connectivity index (χ4v) is 0.313. The van der Waals surface area contributed by atoms with E-state index in [0.717, 1.165) is 0 Å². The molecule has 0 fully saturated rings. The first-order chi connectivity index (χ1) is 4.42. The summed E-state index contributed by atoms with van der Waals surface area (Å²) in [5, 5.41) is 8.50. The normalized spacial score (nSPS) is 14.3. The van der Waals surface area contributed by atoms with E-state index in [-0.39, 0.29) is 0 Å². The van der Waals surface area contributed by atoms with E-state index in [2.05, 4.69) is 0 Å². The molecular formula is C6H11NO3. The molecule has 0 saturated carbocycles. The quantitative estimate of drug-likeness (QED) is 0.530. The summed E-state index contributed by atoms with van der Waals surface area (Å²) in [7, 11) is 0. The highest BCUT2D eigenvalue weighted by atomic mass is 16.4. The van der Waals surface area contributed by atoms with Crippen molar-refractivity contribution in [2.24, 2.45) is 11.1 Å². The summed E-state index contributed by atoms with van der Waals surface area (Å²) in [6.45, 7) is 2.82. The smallest absolute Gasteiger partial charge is 0.311 e. The second kappa shape index (κ2) is 2.79. The van der Waals surface area contributed by atoms with Crippen LogP contribution in [0.2, 0.25) is 0 Å². The minimum absolute atomic E-state index is 0.439. The van der Waals surface area contributed by atoms with Crippen LogP contribution in [0, 0.1) is 5.41 Å². The standard InChI is InChI=1S/C6H11NO3/c1-6(2,5(9)10)4(7)3-8/h3-4H,7H2,1-2H3,(H,9,10). The third-order valence-electron chi connectivity index (χ3n) is 1.53. The Morgan fingerprint density at radius 2 is 2.10 bits per heavy atom. The molecule has 0 aromatic rings. The lowest BCUT2D eigenvalue weighted by Gasteiger charge is -2.21. The highest BCUT2D eigenvalue weighted by Gasteiger charge is 2.33. The largest absolute Gasteiger partial charge is 0.481 e. The molecule has 1 unspecified atom stereocenters. The Kier molecular flexibility index (Phi) is 2.54. The average Bonchev–Trinajstić information content (AvgIpc) is 1.86. The van der Waals surface area contributed by atoms with Crippen LogP contribution in [0.3, 0.4) is 0 Å². The Balaban J connectivity index is 4.38. The van der Waals surface area contributed by atoms with Crippen molar-refractivity contribution in [2.45, 2.75) is 19.9 Å². The third-order valence-corrected chi connectivity index (χ3v) is 1.53. The second-order valence-electron chi connectivity index (χ2n) is 2.69. The maximum atomic E-state index is 10.4. The van der Waals surface area contributed by atoms with Crippen LogP contribution in [0.25, 0.3) is 0 Å². The Labute approximate surface area is 59.0 Å². The summed E-state index contributed by atoms with van der Waals surface area (Å²) in [6, 6.07) is -0.940. The van der Waals surface area contributed by atoms with Crippen LogP contribution < -0.4 is 5.73 Å². The highest BCUT2D eigenvalue weighted by molar-refractivity contribution is 5.80. The number of carbonyl (C=O) groups is 2. The van der Waals surface area contributed by atoms with E-state index >= 15 is 0 Å². The Morgan fingerprint density at radius 3 is 2.20 bits per heavy atom. The molecule has 0 rings (SSSR count). The summed E-state index contributed by atoms with van der Waals surface area (Å²) in [5.74, 6) is -1.06. The van der Waals surface area contributed by atoms with Gasteiger partial charge in [0, 0.05) is 0 Å². The van der Waals surface area contributed by atoms with Crippen molar-refractivity contribution in [1.82, 2.24) is 0 Å². The molecule has 3 N–H and O–H groups in total. The van der Waals surface area contributed by atoms with Gasteiger partial charge in [-0.15, -0.1) is 0 Å². The molecule has 1 atom stereocenters. The van der Waals surface area contributed by atoms with Crippen molar-refractivity contribution in [3.8, 4) is 0 Å².